The van der Waals surface area contributed by atoms with Gasteiger partial charge in [-0.25, -0.2) is 9.36 Å². The fraction of sp³-hybridized carbons (Fsp3) is 0.308. The van der Waals surface area contributed by atoms with Crippen LogP contribution in [-0.2, 0) is 17.7 Å². The van der Waals surface area contributed by atoms with E-state index in [-0.39, 0.29) is 6.09 Å². The molecule has 0 fully saturated rings. The summed E-state index contributed by atoms with van der Waals surface area (Å²) in [5, 5.41) is 4.45. The predicted molar refractivity (Wildman–Crippen MR) is 65.2 cm³/mol. The number of hydrogen-bond acceptors (Lipinski definition) is 3. The average Bonchev–Trinajstić information content (AvgIpc) is 2.72. The fourth-order valence-corrected chi connectivity index (χ4v) is 2.54. The van der Waals surface area contributed by atoms with E-state index in [1.165, 1.54) is 12.7 Å². The van der Waals surface area contributed by atoms with Crippen LogP contribution in [0.1, 0.15) is 11.3 Å². The number of nitrogens with one attached hydrogen (secondary N) is 1. The molecule has 1 aromatic heterocycles. The molecule has 88 valence electrons. The number of carbonyl (C=O) groups excluding carboxylic acids is 1. The number of nitrogens with zero attached hydrogens (tertiary/aromatic N) is 1. The van der Waals surface area contributed by atoms with E-state index in [1.54, 1.807) is 4.57 Å². The first kappa shape index (κ1) is 10.4. The molecule has 0 bridgehead atoms. The van der Waals surface area contributed by atoms with E-state index < -0.39 is 0 Å². The maximum atomic E-state index is 11.9. The van der Waals surface area contributed by atoms with Crippen LogP contribution in [0.3, 0.4) is 0 Å². The Labute approximate surface area is 99.2 Å². The molecule has 0 spiro atoms. The summed E-state index contributed by atoms with van der Waals surface area (Å²) in [6.45, 7) is 1.68. The molecule has 1 aromatic carbocycles. The Hall–Kier alpha value is -1.81. The zero-order valence-electron chi connectivity index (χ0n) is 9.69. The fourth-order valence-electron chi connectivity index (χ4n) is 2.54. The highest BCUT2D eigenvalue weighted by atomic mass is 16.5. The molecule has 2 heterocycles. The van der Waals surface area contributed by atoms with Gasteiger partial charge >= 0.3 is 6.09 Å². The van der Waals surface area contributed by atoms with Crippen molar-refractivity contribution in [3.8, 4) is 0 Å². The second kappa shape index (κ2) is 3.89. The average molecular weight is 230 g/mol. The van der Waals surface area contributed by atoms with Crippen LogP contribution in [0.4, 0.5) is 4.79 Å². The second-order valence-electron chi connectivity index (χ2n) is 4.17. The minimum Gasteiger partial charge on any atom is -0.452 e. The number of methoxy groups -OCH3 is 1. The van der Waals surface area contributed by atoms with E-state index in [0.717, 1.165) is 36.1 Å². The smallest absolute Gasteiger partial charge is 0.418 e. The first-order valence-corrected chi connectivity index (χ1v) is 5.73. The van der Waals surface area contributed by atoms with Crippen molar-refractivity contribution in [2.75, 3.05) is 13.7 Å². The third-order valence-electron chi connectivity index (χ3n) is 3.29. The number of benzene rings is 1. The van der Waals surface area contributed by atoms with Crippen molar-refractivity contribution >= 4 is 17.0 Å². The lowest BCUT2D eigenvalue weighted by atomic mass is 10.1. The van der Waals surface area contributed by atoms with E-state index >= 15 is 0 Å². The Balaban J connectivity index is 2.35. The maximum absolute atomic E-state index is 11.9. The largest absolute Gasteiger partial charge is 0.452 e. The lowest BCUT2D eigenvalue weighted by Crippen LogP contribution is -2.27. The maximum Gasteiger partial charge on any atom is 0.418 e. The minimum absolute atomic E-state index is 0.314. The van der Waals surface area contributed by atoms with Crippen LogP contribution in [-0.4, -0.2) is 24.3 Å². The molecule has 0 radical (unpaired) electrons. The van der Waals surface area contributed by atoms with Crippen LogP contribution in [0.25, 0.3) is 10.9 Å². The van der Waals surface area contributed by atoms with Gasteiger partial charge in [0.1, 0.15) is 0 Å². The molecule has 0 saturated carbocycles. The Morgan fingerprint density at radius 3 is 3.06 bits per heavy atom. The molecule has 2 aromatic rings. The third kappa shape index (κ3) is 1.45. The standard InChI is InChI=1S/C13H14N2O2/c1-17-13(16)15-11-5-3-2-4-9(11)10-6-7-14-8-12(10)15/h2-5,14H,6-8H2,1H3. The Kier molecular flexibility index (Phi) is 2.37. The number of fused-ring (bicyclic) bond motifs is 3. The summed E-state index contributed by atoms with van der Waals surface area (Å²) in [5.74, 6) is 0. The van der Waals surface area contributed by atoms with Crippen molar-refractivity contribution < 1.29 is 9.53 Å². The van der Waals surface area contributed by atoms with Crippen molar-refractivity contribution in [1.82, 2.24) is 9.88 Å². The van der Waals surface area contributed by atoms with E-state index in [0.29, 0.717) is 0 Å². The summed E-state index contributed by atoms with van der Waals surface area (Å²) in [5.41, 5.74) is 3.24. The number of rotatable bonds is 0. The van der Waals surface area contributed by atoms with Gasteiger partial charge in [-0.1, -0.05) is 18.2 Å². The van der Waals surface area contributed by atoms with Gasteiger partial charge in [-0.2, -0.15) is 0 Å². The summed E-state index contributed by atoms with van der Waals surface area (Å²) in [7, 11) is 1.42. The molecule has 1 aliphatic heterocycles. The summed E-state index contributed by atoms with van der Waals surface area (Å²) in [6, 6.07) is 7.98. The van der Waals surface area contributed by atoms with Gasteiger partial charge in [0, 0.05) is 17.6 Å². The van der Waals surface area contributed by atoms with Gasteiger partial charge in [-0.3, -0.25) is 0 Å². The lowest BCUT2D eigenvalue weighted by molar-refractivity contribution is 0.173. The van der Waals surface area contributed by atoms with Gasteiger partial charge in [-0.05, 0) is 24.6 Å². The summed E-state index contributed by atoms with van der Waals surface area (Å²) >= 11 is 0. The second-order valence-corrected chi connectivity index (χ2v) is 4.17. The molecule has 0 saturated heterocycles. The van der Waals surface area contributed by atoms with E-state index in [9.17, 15) is 4.79 Å². The van der Waals surface area contributed by atoms with Crippen LogP contribution in [0.2, 0.25) is 0 Å². The van der Waals surface area contributed by atoms with Crippen LogP contribution in [0.15, 0.2) is 24.3 Å². The van der Waals surface area contributed by atoms with E-state index in [1.807, 2.05) is 18.2 Å². The van der Waals surface area contributed by atoms with Crippen molar-refractivity contribution in [1.29, 1.82) is 0 Å². The van der Waals surface area contributed by atoms with Crippen LogP contribution in [0, 0.1) is 0 Å². The highest BCUT2D eigenvalue weighted by molar-refractivity contribution is 5.93. The molecule has 4 nitrogen and oxygen atoms in total. The van der Waals surface area contributed by atoms with E-state index in [2.05, 4.69) is 11.4 Å². The summed E-state index contributed by atoms with van der Waals surface area (Å²) < 4.78 is 6.54. The van der Waals surface area contributed by atoms with Crippen molar-refractivity contribution in [2.24, 2.45) is 0 Å². The van der Waals surface area contributed by atoms with Crippen LogP contribution < -0.4 is 5.32 Å². The first-order chi connectivity index (χ1) is 8.33. The summed E-state index contributed by atoms with van der Waals surface area (Å²) in [6.07, 6.45) is 0.644. The van der Waals surface area contributed by atoms with Gasteiger partial charge in [0.15, 0.2) is 0 Å². The zero-order chi connectivity index (χ0) is 11.8. The molecule has 0 unspecified atom stereocenters. The van der Waals surface area contributed by atoms with Crippen LogP contribution >= 0.6 is 0 Å². The SMILES string of the molecule is COC(=O)n1c2c(c3ccccc31)CCNC2. The quantitative estimate of drug-likeness (QED) is 0.751. The number of aromatic nitrogens is 1. The van der Waals surface area contributed by atoms with Crippen molar-refractivity contribution in [3.63, 3.8) is 0 Å². The number of hydrogen-bond donors (Lipinski definition) is 1. The minimum atomic E-state index is -0.314. The Bertz CT molecular complexity index is 586. The van der Waals surface area contributed by atoms with Crippen molar-refractivity contribution in [2.45, 2.75) is 13.0 Å². The van der Waals surface area contributed by atoms with Gasteiger partial charge < -0.3 is 10.1 Å². The first-order valence-electron chi connectivity index (χ1n) is 5.73. The van der Waals surface area contributed by atoms with Gasteiger partial charge in [0.2, 0.25) is 0 Å². The Morgan fingerprint density at radius 1 is 1.41 bits per heavy atom. The topological polar surface area (TPSA) is 43.3 Å². The molecular weight excluding hydrogens is 216 g/mol. The highest BCUT2D eigenvalue weighted by Gasteiger charge is 2.22. The number of ether oxygens (including phenoxy) is 1. The van der Waals surface area contributed by atoms with Gasteiger partial charge in [0.25, 0.3) is 0 Å². The van der Waals surface area contributed by atoms with Gasteiger partial charge in [0.05, 0.1) is 12.6 Å². The molecule has 4 heteroatoms. The van der Waals surface area contributed by atoms with Crippen LogP contribution in [0.5, 0.6) is 0 Å². The third-order valence-corrected chi connectivity index (χ3v) is 3.29. The normalized spacial score (nSPS) is 14.6. The lowest BCUT2D eigenvalue weighted by Gasteiger charge is -2.15. The molecule has 17 heavy (non-hydrogen) atoms. The Morgan fingerprint density at radius 2 is 2.24 bits per heavy atom. The summed E-state index contributed by atoms with van der Waals surface area (Å²) in [4.78, 5) is 11.9. The molecular formula is C13H14N2O2. The van der Waals surface area contributed by atoms with Gasteiger partial charge in [-0.15, -0.1) is 0 Å². The molecule has 0 aliphatic carbocycles. The van der Waals surface area contributed by atoms with E-state index in [4.69, 9.17) is 4.74 Å². The molecule has 1 N–H and O–H groups in total. The number of para-hydroxylation sites is 1. The predicted octanol–water partition coefficient (Wildman–Crippen LogP) is 1.90. The molecule has 1 aliphatic rings. The molecule has 3 rings (SSSR count). The molecule has 0 amide bonds. The van der Waals surface area contributed by atoms with Crippen molar-refractivity contribution in [3.05, 3.63) is 35.5 Å². The highest BCUT2D eigenvalue weighted by Crippen LogP contribution is 2.28. The number of carbonyl (C=O) groups is 1. The zero-order valence-corrected chi connectivity index (χ0v) is 9.69. The molecule has 0 atom stereocenters. The monoisotopic (exact) mass is 230 g/mol.